The summed E-state index contributed by atoms with van der Waals surface area (Å²) < 4.78 is 0.921. The van der Waals surface area contributed by atoms with E-state index in [9.17, 15) is 4.79 Å². The number of thiophene rings is 1. The maximum atomic E-state index is 11.9. The Bertz CT molecular complexity index is 592. The third-order valence-corrected chi connectivity index (χ3v) is 4.43. The molecule has 2 N–H and O–H groups in total. The Morgan fingerprint density at radius 3 is 2.84 bits per heavy atom. The number of amides is 1. The van der Waals surface area contributed by atoms with Crippen molar-refractivity contribution < 1.29 is 4.79 Å². The zero-order valence-corrected chi connectivity index (χ0v) is 12.4. The predicted octanol–water partition coefficient (Wildman–Crippen LogP) is 3.73. The molecule has 98 valence electrons. The van der Waals surface area contributed by atoms with E-state index in [1.165, 1.54) is 24.2 Å². The molecule has 1 saturated carbocycles. The molecule has 6 heteroatoms. The smallest absolute Gasteiger partial charge is 0.265 e. The predicted molar refractivity (Wildman–Crippen MR) is 80.9 cm³/mol. The average Bonchev–Trinajstić information content (AvgIpc) is 3.11. The summed E-state index contributed by atoms with van der Waals surface area (Å²) in [6.07, 6.45) is 4.10. The van der Waals surface area contributed by atoms with E-state index in [4.69, 9.17) is 0 Å². The van der Waals surface area contributed by atoms with Crippen LogP contribution in [0.5, 0.6) is 0 Å². The van der Waals surface area contributed by atoms with Crippen LogP contribution in [0.1, 0.15) is 22.5 Å². The number of pyridine rings is 1. The second-order valence-corrected chi connectivity index (χ2v) is 6.26. The van der Waals surface area contributed by atoms with Crippen LogP contribution in [0.3, 0.4) is 0 Å². The Kier molecular flexibility index (Phi) is 3.52. The van der Waals surface area contributed by atoms with Gasteiger partial charge in [0.1, 0.15) is 5.82 Å². The third kappa shape index (κ3) is 3.33. The lowest BCUT2D eigenvalue weighted by Gasteiger charge is -2.06. The molecule has 2 aromatic heterocycles. The minimum Gasteiger partial charge on any atom is -0.367 e. The molecule has 1 fully saturated rings. The van der Waals surface area contributed by atoms with Gasteiger partial charge in [-0.25, -0.2) is 4.98 Å². The Morgan fingerprint density at radius 1 is 1.42 bits per heavy atom. The first kappa shape index (κ1) is 12.6. The number of carbonyl (C=O) groups excluding carboxylic acids is 1. The highest BCUT2D eigenvalue weighted by molar-refractivity contribution is 9.10. The van der Waals surface area contributed by atoms with E-state index in [2.05, 4.69) is 31.5 Å². The van der Waals surface area contributed by atoms with E-state index in [1.807, 2.05) is 17.5 Å². The van der Waals surface area contributed by atoms with Crippen molar-refractivity contribution in [1.82, 2.24) is 4.98 Å². The van der Waals surface area contributed by atoms with Crippen LogP contribution in [0.25, 0.3) is 0 Å². The van der Waals surface area contributed by atoms with Gasteiger partial charge in [-0.15, -0.1) is 11.3 Å². The number of carbonyl (C=O) groups is 1. The summed E-state index contributed by atoms with van der Waals surface area (Å²) in [5.41, 5.74) is 0.705. The van der Waals surface area contributed by atoms with Crippen molar-refractivity contribution in [2.45, 2.75) is 18.9 Å². The van der Waals surface area contributed by atoms with Crippen molar-refractivity contribution in [3.63, 3.8) is 0 Å². The molecule has 0 atom stereocenters. The Balaban J connectivity index is 1.64. The van der Waals surface area contributed by atoms with Crippen molar-refractivity contribution in [3.8, 4) is 0 Å². The van der Waals surface area contributed by atoms with Gasteiger partial charge < -0.3 is 10.6 Å². The number of rotatable bonds is 4. The highest BCUT2D eigenvalue weighted by Crippen LogP contribution is 2.24. The molecule has 0 spiro atoms. The molecule has 1 amide bonds. The number of aromatic nitrogens is 1. The Morgan fingerprint density at radius 2 is 2.26 bits per heavy atom. The van der Waals surface area contributed by atoms with Crippen molar-refractivity contribution >= 4 is 44.7 Å². The fourth-order valence-corrected chi connectivity index (χ4v) is 2.94. The molecule has 0 aliphatic heterocycles. The third-order valence-electron chi connectivity index (χ3n) is 2.74. The lowest BCUT2D eigenvalue weighted by atomic mass is 10.3. The summed E-state index contributed by atoms with van der Waals surface area (Å²) in [6.45, 7) is 0. The van der Waals surface area contributed by atoms with E-state index in [-0.39, 0.29) is 5.91 Å². The van der Waals surface area contributed by atoms with Crippen LogP contribution < -0.4 is 10.6 Å². The van der Waals surface area contributed by atoms with Gasteiger partial charge in [-0.1, -0.05) is 0 Å². The Hall–Kier alpha value is -1.40. The van der Waals surface area contributed by atoms with E-state index in [0.717, 1.165) is 10.3 Å². The molecule has 19 heavy (non-hydrogen) atoms. The fraction of sp³-hybridized carbons (Fsp3) is 0.231. The normalized spacial score (nSPS) is 14.2. The summed E-state index contributed by atoms with van der Waals surface area (Å²) in [6, 6.07) is 6.13. The molecule has 0 radical (unpaired) electrons. The van der Waals surface area contributed by atoms with E-state index in [1.54, 1.807) is 12.3 Å². The number of nitrogens with one attached hydrogen (secondary N) is 2. The molecule has 0 bridgehead atoms. The van der Waals surface area contributed by atoms with Crippen molar-refractivity contribution in [1.29, 1.82) is 0 Å². The summed E-state index contributed by atoms with van der Waals surface area (Å²) >= 11 is 4.74. The minimum atomic E-state index is -0.111. The minimum absolute atomic E-state index is 0.111. The van der Waals surface area contributed by atoms with Gasteiger partial charge in [-0.2, -0.15) is 0 Å². The second-order valence-electron chi connectivity index (χ2n) is 4.43. The Labute approximate surface area is 123 Å². The van der Waals surface area contributed by atoms with Gasteiger partial charge in [-0.3, -0.25) is 4.79 Å². The molecular weight excluding hydrogens is 326 g/mol. The molecule has 1 aliphatic carbocycles. The SMILES string of the molecule is O=C(Nc1ccc(NC2CC2)nc1)c1cc(Br)cs1. The number of halogens is 1. The molecule has 2 aromatic rings. The van der Waals surface area contributed by atoms with Gasteiger partial charge in [0.2, 0.25) is 0 Å². The number of anilines is 2. The van der Waals surface area contributed by atoms with E-state index >= 15 is 0 Å². The summed E-state index contributed by atoms with van der Waals surface area (Å²) in [7, 11) is 0. The molecule has 4 nitrogen and oxygen atoms in total. The first-order valence-electron chi connectivity index (χ1n) is 5.99. The number of nitrogens with zero attached hydrogens (tertiary/aromatic N) is 1. The molecule has 3 rings (SSSR count). The number of hydrogen-bond acceptors (Lipinski definition) is 4. The summed E-state index contributed by atoms with van der Waals surface area (Å²) in [5.74, 6) is 0.750. The standard InChI is InChI=1S/C13H12BrN3OS/c14-8-5-11(19-7-8)13(18)17-10-3-4-12(15-6-10)16-9-1-2-9/h3-7,9H,1-2H2,(H,15,16)(H,17,18). The van der Waals surface area contributed by atoms with E-state index in [0.29, 0.717) is 16.6 Å². The number of hydrogen-bond donors (Lipinski definition) is 2. The topological polar surface area (TPSA) is 54.0 Å². The lowest BCUT2D eigenvalue weighted by molar-refractivity contribution is 0.103. The van der Waals surface area contributed by atoms with Crippen LogP contribution in [0.2, 0.25) is 0 Å². The van der Waals surface area contributed by atoms with Crippen LogP contribution in [-0.4, -0.2) is 16.9 Å². The maximum absolute atomic E-state index is 11.9. The van der Waals surface area contributed by atoms with Gasteiger partial charge in [-0.05, 0) is 47.0 Å². The largest absolute Gasteiger partial charge is 0.367 e. The van der Waals surface area contributed by atoms with Gasteiger partial charge in [0, 0.05) is 15.9 Å². The van der Waals surface area contributed by atoms with Crippen LogP contribution in [0.4, 0.5) is 11.5 Å². The van der Waals surface area contributed by atoms with Gasteiger partial charge in [0.05, 0.1) is 16.8 Å². The maximum Gasteiger partial charge on any atom is 0.265 e. The monoisotopic (exact) mass is 337 g/mol. The zero-order valence-electron chi connectivity index (χ0n) is 10.0. The summed E-state index contributed by atoms with van der Waals surface area (Å²) in [4.78, 5) is 16.9. The first-order valence-corrected chi connectivity index (χ1v) is 7.66. The van der Waals surface area contributed by atoms with Crippen molar-refractivity contribution in [2.24, 2.45) is 0 Å². The van der Waals surface area contributed by atoms with Gasteiger partial charge in [0.25, 0.3) is 5.91 Å². The van der Waals surface area contributed by atoms with Crippen LogP contribution in [-0.2, 0) is 0 Å². The van der Waals surface area contributed by atoms with Crippen molar-refractivity contribution in [3.05, 3.63) is 39.1 Å². The molecule has 0 unspecified atom stereocenters. The lowest BCUT2D eigenvalue weighted by Crippen LogP contribution is -2.10. The van der Waals surface area contributed by atoms with Gasteiger partial charge >= 0.3 is 0 Å². The molecule has 2 heterocycles. The van der Waals surface area contributed by atoms with E-state index < -0.39 is 0 Å². The molecule has 1 aliphatic rings. The average molecular weight is 338 g/mol. The van der Waals surface area contributed by atoms with Crippen LogP contribution in [0.15, 0.2) is 34.2 Å². The zero-order chi connectivity index (χ0) is 13.2. The molecular formula is C13H12BrN3OS. The highest BCUT2D eigenvalue weighted by atomic mass is 79.9. The van der Waals surface area contributed by atoms with Gasteiger partial charge in [0.15, 0.2) is 0 Å². The second kappa shape index (κ2) is 5.30. The van der Waals surface area contributed by atoms with Crippen LogP contribution in [0, 0.1) is 0 Å². The summed E-state index contributed by atoms with van der Waals surface area (Å²) in [5, 5.41) is 8.02. The fourth-order valence-electron chi connectivity index (χ4n) is 1.61. The first-order chi connectivity index (χ1) is 9.20. The van der Waals surface area contributed by atoms with Crippen molar-refractivity contribution in [2.75, 3.05) is 10.6 Å². The quantitative estimate of drug-likeness (QED) is 0.893. The molecule has 0 aromatic carbocycles. The van der Waals surface area contributed by atoms with Crippen LogP contribution >= 0.6 is 27.3 Å². The highest BCUT2D eigenvalue weighted by Gasteiger charge is 2.21. The molecule has 0 saturated heterocycles.